The van der Waals surface area contributed by atoms with E-state index in [1.807, 2.05) is 22.6 Å². The van der Waals surface area contributed by atoms with Gasteiger partial charge in [0.2, 0.25) is 0 Å². The van der Waals surface area contributed by atoms with Crippen molar-refractivity contribution < 1.29 is 19.1 Å². The van der Waals surface area contributed by atoms with E-state index in [1.54, 1.807) is 0 Å². The van der Waals surface area contributed by atoms with Crippen molar-refractivity contribution in [3.05, 3.63) is 0 Å². The van der Waals surface area contributed by atoms with Crippen LogP contribution in [0.3, 0.4) is 0 Å². The van der Waals surface area contributed by atoms with Gasteiger partial charge < -0.3 is 0 Å². The molecule has 4 N–H and O–H groups in total. The van der Waals surface area contributed by atoms with Crippen LogP contribution in [0.25, 0.3) is 0 Å². The quantitative estimate of drug-likeness (QED) is 0.121. The van der Waals surface area contributed by atoms with Crippen molar-refractivity contribution >= 4 is 54.9 Å². The summed E-state index contributed by atoms with van der Waals surface area (Å²) in [5, 5.41) is 0. The van der Waals surface area contributed by atoms with E-state index in [0.29, 0.717) is 12.5 Å². The number of fused-ring (bicyclic) bond motifs is 4. The van der Waals surface area contributed by atoms with Gasteiger partial charge in [0.15, 0.2) is 0 Å². The van der Waals surface area contributed by atoms with E-state index < -0.39 is 23.9 Å². The van der Waals surface area contributed by atoms with Crippen molar-refractivity contribution in [1.82, 2.24) is 7.06 Å². The van der Waals surface area contributed by atoms with Crippen LogP contribution >= 0.6 is 43.0 Å². The minimum atomic E-state index is -1.29. The molecule has 0 amide bonds. The Morgan fingerprint density at radius 1 is 1.50 bits per heavy atom. The number of nitrogens with two attached hydrogens (primary N) is 1. The first-order chi connectivity index (χ1) is 10.4. The van der Waals surface area contributed by atoms with Gasteiger partial charge in [-0.15, -0.1) is 0 Å². The summed E-state index contributed by atoms with van der Waals surface area (Å²) < 4.78 is 16.2. The number of nitrogens with one attached hydrogen (secondary N) is 2. The van der Waals surface area contributed by atoms with Crippen LogP contribution in [0.1, 0.15) is 25.7 Å². The Balaban J connectivity index is 1.28. The zero-order valence-electron chi connectivity index (χ0n) is 11.7. The van der Waals surface area contributed by atoms with Crippen LogP contribution < -0.4 is 12.8 Å². The molecular weight excluding hydrogens is 516 g/mol. The molecule has 5 rings (SSSR count). The Labute approximate surface area is 149 Å². The zero-order chi connectivity index (χ0) is 15.3. The van der Waals surface area contributed by atoms with Gasteiger partial charge in [-0.25, -0.2) is 0 Å². The first kappa shape index (κ1) is 14.6. The fourth-order valence-electron chi connectivity index (χ4n) is 4.52. The topological polar surface area (TPSA) is 122 Å². The Morgan fingerprint density at radius 2 is 2.23 bits per heavy atom. The van der Waals surface area contributed by atoms with Gasteiger partial charge in [-0.2, -0.15) is 0 Å². The van der Waals surface area contributed by atoms with Gasteiger partial charge in [0.1, 0.15) is 0 Å². The van der Waals surface area contributed by atoms with Crippen molar-refractivity contribution in [3.8, 4) is 0 Å². The Morgan fingerprint density at radius 3 is 2.73 bits per heavy atom. The number of cyclic esters (lactones) is 1. The fraction of sp³-hybridized carbons (Fsp3) is 0.846. The summed E-state index contributed by atoms with van der Waals surface area (Å²) in [6.45, 7) is 0.540. The van der Waals surface area contributed by atoms with E-state index in [4.69, 9.17) is 15.2 Å². The van der Waals surface area contributed by atoms with E-state index in [0.717, 1.165) is 25.7 Å². The molecule has 0 radical (unpaired) electrons. The van der Waals surface area contributed by atoms with Crippen LogP contribution in [0, 0.1) is 17.3 Å². The molecule has 0 aromatic carbocycles. The van der Waals surface area contributed by atoms with Crippen LogP contribution in [-0.2, 0) is 19.1 Å². The molecule has 5 unspecified atom stereocenters. The number of esters is 2. The van der Waals surface area contributed by atoms with E-state index in [9.17, 15) is 9.59 Å². The number of hydrogen-bond donors (Lipinski definition) is 3. The van der Waals surface area contributed by atoms with Gasteiger partial charge in [0.25, 0.3) is 0 Å². The second-order valence-corrected chi connectivity index (χ2v) is 13.0. The second kappa shape index (κ2) is 4.27. The normalized spacial score (nSPS) is 47.1. The summed E-state index contributed by atoms with van der Waals surface area (Å²) in [6, 6.07) is 0. The summed E-state index contributed by atoms with van der Waals surface area (Å²) in [7, 11) is 0. The first-order valence-corrected chi connectivity index (χ1v) is 11.8. The molecule has 9 heteroatoms. The third-order valence-electron chi connectivity index (χ3n) is 5.94. The molecule has 0 aromatic heterocycles. The van der Waals surface area contributed by atoms with E-state index in [1.165, 1.54) is 0 Å². The molecule has 3 saturated heterocycles. The van der Waals surface area contributed by atoms with Crippen molar-refractivity contribution in [2.24, 2.45) is 23.0 Å². The van der Waals surface area contributed by atoms with Gasteiger partial charge in [-0.3, -0.25) is 0 Å². The first-order valence-electron chi connectivity index (χ1n) is 7.51. The molecular formula is C13H17I2N3O4. The maximum atomic E-state index is 12.5. The molecule has 2 aliphatic carbocycles. The van der Waals surface area contributed by atoms with Gasteiger partial charge in [-0.1, -0.05) is 0 Å². The minimum absolute atomic E-state index is 0.0373. The number of halogens is 2. The summed E-state index contributed by atoms with van der Waals surface area (Å²) >= 11 is 0.717. The molecule has 3 heterocycles. The molecule has 1 spiro atoms. The third-order valence-corrected chi connectivity index (χ3v) is 12.9. The molecule has 5 fully saturated rings. The molecule has 122 valence electrons. The van der Waals surface area contributed by atoms with Gasteiger partial charge >= 0.3 is 150 Å². The predicted molar refractivity (Wildman–Crippen MR) is 92.7 cm³/mol. The van der Waals surface area contributed by atoms with Crippen molar-refractivity contribution in [2.75, 3.05) is 6.61 Å². The number of alkyl halides is 2. The monoisotopic (exact) mass is 533 g/mol. The molecule has 22 heavy (non-hydrogen) atoms. The van der Waals surface area contributed by atoms with Crippen LogP contribution in [0.2, 0.25) is 0 Å². The van der Waals surface area contributed by atoms with Crippen LogP contribution in [0.15, 0.2) is 0 Å². The van der Waals surface area contributed by atoms with Crippen molar-refractivity contribution in [2.45, 2.75) is 39.0 Å². The molecule has 3 aliphatic heterocycles. The molecule has 7 nitrogen and oxygen atoms in total. The van der Waals surface area contributed by atoms with Crippen molar-refractivity contribution in [3.63, 3.8) is 0 Å². The third kappa shape index (κ3) is 1.67. The summed E-state index contributed by atoms with van der Waals surface area (Å²) in [4.78, 5) is 24.5. The van der Waals surface area contributed by atoms with Gasteiger partial charge in [0.05, 0.1) is 0 Å². The number of rotatable bonds is 3. The number of carbonyl (C=O) groups excluding carboxylic acids is 2. The molecule has 0 aromatic rings. The summed E-state index contributed by atoms with van der Waals surface area (Å²) in [5.74, 6) is 0.209. The van der Waals surface area contributed by atoms with E-state index >= 15 is 0 Å². The molecule has 5 aliphatic rings. The Kier molecular flexibility index (Phi) is 2.83. The standard InChI is InChI=1S/C13H17I2N3O4/c14-12(16,13-15(17-13)18-13)10(20)22-8-4-7-3-6(8)5-11(7)1-2-21-9(11)19/h6-8,17-18H,1-5,16H2. The number of hydrogen-bond acceptors (Lipinski definition) is 7. The summed E-state index contributed by atoms with van der Waals surface area (Å²) in [5.41, 5.74) is 5.92. The maximum absolute atomic E-state index is 12.5. The average molecular weight is 533 g/mol. The second-order valence-electron chi connectivity index (χ2n) is 6.96. The molecule has 2 saturated carbocycles. The number of carbonyl (C=O) groups is 2. The van der Waals surface area contributed by atoms with E-state index in [-0.39, 0.29) is 33.0 Å². The zero-order valence-corrected chi connectivity index (χ0v) is 16.0. The molecule has 2 bridgehead atoms. The predicted octanol–water partition coefficient (Wildman–Crippen LogP) is 0.548. The Hall–Kier alpha value is 0.280. The average Bonchev–Trinajstić information content (AvgIpc) is 3.19. The van der Waals surface area contributed by atoms with Crippen molar-refractivity contribution in [1.29, 1.82) is 0 Å². The molecule has 5 atom stereocenters. The summed E-state index contributed by atoms with van der Waals surface area (Å²) in [6.07, 6.45) is 3.27. The van der Waals surface area contributed by atoms with Gasteiger partial charge in [-0.05, 0) is 0 Å². The SMILES string of the molecule is NC(I)(C(=O)OC1CC2CC1CC21CCOC1=O)C12NI1N2. The number of ether oxygens (including phenoxy) is 2. The Bertz CT molecular complexity index is 594. The van der Waals surface area contributed by atoms with Gasteiger partial charge in [0, 0.05) is 0 Å². The van der Waals surface area contributed by atoms with Crippen LogP contribution in [0.4, 0.5) is 0 Å². The van der Waals surface area contributed by atoms with Crippen LogP contribution in [-0.4, -0.2) is 31.9 Å². The fourth-order valence-corrected chi connectivity index (χ4v) is 11.8. The van der Waals surface area contributed by atoms with E-state index in [2.05, 4.69) is 7.06 Å². The van der Waals surface area contributed by atoms with Crippen LogP contribution in [0.5, 0.6) is 0 Å².